The van der Waals surface area contributed by atoms with Crippen molar-refractivity contribution in [3.05, 3.63) is 0 Å². The largest absolute Gasteiger partial charge is 0.463 e. The first kappa shape index (κ1) is 11.7. The molecule has 0 aromatic rings. The van der Waals surface area contributed by atoms with Gasteiger partial charge < -0.3 is 4.74 Å². The van der Waals surface area contributed by atoms with E-state index in [0.29, 0.717) is 6.42 Å². The van der Waals surface area contributed by atoms with Crippen molar-refractivity contribution in [3.63, 3.8) is 0 Å². The summed E-state index contributed by atoms with van der Waals surface area (Å²) >= 11 is 0. The predicted molar refractivity (Wildman–Crippen MR) is 35.0 cm³/mol. The number of nitrogens with zero attached hydrogens (tertiary/aromatic N) is 2. The first-order valence-electron chi connectivity index (χ1n) is 3.06. The van der Waals surface area contributed by atoms with Crippen LogP contribution in [0.5, 0.6) is 0 Å². The number of rotatable bonds is 2. The van der Waals surface area contributed by atoms with Crippen LogP contribution in [-0.2, 0) is 9.53 Å². The van der Waals surface area contributed by atoms with E-state index < -0.39 is 0 Å². The average molecular weight is 144 g/mol. The summed E-state index contributed by atoms with van der Waals surface area (Å²) in [7, 11) is 0. The number of hydrogen-bond donors (Lipinski definition) is 0. The lowest BCUT2D eigenvalue weighted by Crippen LogP contribution is -2.09. The van der Waals surface area contributed by atoms with Gasteiger partial charge in [-0.1, -0.05) is 6.92 Å². The van der Waals surface area contributed by atoms with Gasteiger partial charge >= 0.3 is 5.97 Å². The van der Waals surface area contributed by atoms with E-state index in [-0.39, 0.29) is 12.1 Å². The maximum atomic E-state index is 10.4. The number of esters is 1. The molecule has 4 heteroatoms. The van der Waals surface area contributed by atoms with Gasteiger partial charge in [-0.25, -0.2) is 0 Å². The van der Waals surface area contributed by atoms with Crippen LogP contribution in [0.1, 0.15) is 27.2 Å². The Morgan fingerprint density at radius 1 is 1.50 bits per heavy atom. The number of carbonyl (C=O) groups excluding carboxylic acids is 1. The van der Waals surface area contributed by atoms with Gasteiger partial charge in [-0.05, 0) is 13.8 Å². The van der Waals surface area contributed by atoms with Crippen molar-refractivity contribution in [1.29, 1.82) is 10.8 Å². The van der Waals surface area contributed by atoms with Crippen molar-refractivity contribution in [1.82, 2.24) is 0 Å². The lowest BCUT2D eigenvalue weighted by molar-refractivity contribution is -0.146. The molecular weight excluding hydrogens is 132 g/mol. The van der Waals surface area contributed by atoms with Crippen LogP contribution in [0.15, 0.2) is 0 Å². The Kier molecular flexibility index (Phi) is 9.20. The maximum absolute atomic E-state index is 10.4. The van der Waals surface area contributed by atoms with Gasteiger partial charge in [0.1, 0.15) is 0 Å². The van der Waals surface area contributed by atoms with E-state index in [1.807, 2.05) is 13.8 Å². The number of hydrogen-bond acceptors (Lipinski definition) is 4. The Balaban J connectivity index is 0. The highest BCUT2D eigenvalue weighted by Crippen LogP contribution is 1.90. The fourth-order valence-electron chi connectivity index (χ4n) is 0.346. The minimum atomic E-state index is -0.125. The summed E-state index contributed by atoms with van der Waals surface area (Å²) in [5.41, 5.74) is 0. The molecule has 0 heterocycles. The molecule has 0 aliphatic rings. The Bertz CT molecular complexity index is 110. The van der Waals surface area contributed by atoms with Gasteiger partial charge in [0.05, 0.1) is 6.10 Å². The molecule has 0 aromatic carbocycles. The van der Waals surface area contributed by atoms with Gasteiger partial charge in [0.15, 0.2) is 0 Å². The molecule has 0 saturated carbocycles. The third-order valence-electron chi connectivity index (χ3n) is 0.656. The SMILES string of the molecule is CCC(=O)OC(C)C.N#N. The topological polar surface area (TPSA) is 73.9 Å². The second-order valence-corrected chi connectivity index (χ2v) is 1.89. The van der Waals surface area contributed by atoms with Crippen LogP contribution in [0, 0.1) is 10.8 Å². The van der Waals surface area contributed by atoms with Gasteiger partial charge in [-0.3, -0.25) is 4.79 Å². The molecule has 0 saturated heterocycles. The van der Waals surface area contributed by atoms with Crippen molar-refractivity contribution in [2.24, 2.45) is 0 Å². The van der Waals surface area contributed by atoms with Crippen LogP contribution in [0.3, 0.4) is 0 Å². The Morgan fingerprint density at radius 2 is 1.90 bits per heavy atom. The highest BCUT2D eigenvalue weighted by molar-refractivity contribution is 5.68. The minimum absolute atomic E-state index is 0.0300. The molecule has 10 heavy (non-hydrogen) atoms. The average Bonchev–Trinajstić information content (AvgIpc) is 1.91. The zero-order valence-corrected chi connectivity index (χ0v) is 6.50. The molecule has 0 aliphatic heterocycles. The van der Waals surface area contributed by atoms with Crippen LogP contribution in [0.25, 0.3) is 0 Å². The van der Waals surface area contributed by atoms with E-state index in [2.05, 4.69) is 0 Å². The third-order valence-corrected chi connectivity index (χ3v) is 0.656. The fourth-order valence-corrected chi connectivity index (χ4v) is 0.346. The van der Waals surface area contributed by atoms with Gasteiger partial charge in [0.25, 0.3) is 0 Å². The predicted octanol–water partition coefficient (Wildman–Crippen LogP) is 1.38. The maximum Gasteiger partial charge on any atom is 0.305 e. The zero-order valence-electron chi connectivity index (χ0n) is 6.50. The van der Waals surface area contributed by atoms with Crippen LogP contribution in [0.4, 0.5) is 0 Å². The van der Waals surface area contributed by atoms with Crippen molar-refractivity contribution in [2.45, 2.75) is 33.3 Å². The van der Waals surface area contributed by atoms with Gasteiger partial charge in [-0.15, -0.1) is 0 Å². The second-order valence-electron chi connectivity index (χ2n) is 1.89. The van der Waals surface area contributed by atoms with Crippen LogP contribution >= 0.6 is 0 Å². The molecular formula is C6H12N2O2. The molecule has 0 spiro atoms. The first-order valence-corrected chi connectivity index (χ1v) is 3.06. The number of ether oxygens (including phenoxy) is 1. The summed E-state index contributed by atoms with van der Waals surface area (Å²) in [6.45, 7) is 5.46. The summed E-state index contributed by atoms with van der Waals surface area (Å²) in [5.74, 6) is -0.125. The minimum Gasteiger partial charge on any atom is -0.463 e. The van der Waals surface area contributed by atoms with Gasteiger partial charge in [0.2, 0.25) is 0 Å². The Morgan fingerprint density at radius 3 is 2.00 bits per heavy atom. The molecule has 0 N–H and O–H groups in total. The summed E-state index contributed by atoms with van der Waals surface area (Å²) < 4.78 is 4.76. The van der Waals surface area contributed by atoms with Crippen LogP contribution in [-0.4, -0.2) is 12.1 Å². The van der Waals surface area contributed by atoms with Gasteiger partial charge in [-0.2, -0.15) is 0 Å². The van der Waals surface area contributed by atoms with Crippen molar-refractivity contribution >= 4 is 5.97 Å². The lowest BCUT2D eigenvalue weighted by Gasteiger charge is -2.04. The molecule has 0 amide bonds. The van der Waals surface area contributed by atoms with E-state index in [4.69, 9.17) is 15.5 Å². The molecule has 0 radical (unpaired) electrons. The van der Waals surface area contributed by atoms with Crippen molar-refractivity contribution in [3.8, 4) is 0 Å². The molecule has 0 rings (SSSR count). The normalized spacial score (nSPS) is 7.80. The summed E-state index contributed by atoms with van der Waals surface area (Å²) in [6.07, 6.45) is 0.500. The highest BCUT2D eigenvalue weighted by atomic mass is 16.5. The molecule has 58 valence electrons. The van der Waals surface area contributed by atoms with Crippen LogP contribution in [0.2, 0.25) is 0 Å². The first-order chi connectivity index (χ1) is 4.66. The van der Waals surface area contributed by atoms with Crippen molar-refractivity contribution < 1.29 is 9.53 Å². The summed E-state index contributed by atoms with van der Waals surface area (Å²) in [5, 5.41) is 12.0. The number of carbonyl (C=O) groups is 1. The van der Waals surface area contributed by atoms with Gasteiger partial charge in [0, 0.05) is 17.2 Å². The standard InChI is InChI=1S/C6H12O2.N2/c1-4-6(7)8-5(2)3;1-2/h5H,4H2,1-3H3;. The molecule has 0 atom stereocenters. The van der Waals surface area contributed by atoms with E-state index in [9.17, 15) is 4.79 Å². The second kappa shape index (κ2) is 7.89. The van der Waals surface area contributed by atoms with E-state index in [1.165, 1.54) is 0 Å². The Labute approximate surface area is 60.6 Å². The van der Waals surface area contributed by atoms with Crippen LogP contribution < -0.4 is 0 Å². The van der Waals surface area contributed by atoms with E-state index >= 15 is 0 Å². The van der Waals surface area contributed by atoms with Crippen molar-refractivity contribution in [2.75, 3.05) is 0 Å². The van der Waals surface area contributed by atoms with E-state index in [0.717, 1.165) is 0 Å². The molecule has 0 bridgehead atoms. The lowest BCUT2D eigenvalue weighted by atomic mass is 10.4. The molecule has 0 fully saturated rings. The summed E-state index contributed by atoms with van der Waals surface area (Å²) in [6, 6.07) is 0. The highest BCUT2D eigenvalue weighted by Gasteiger charge is 1.98. The molecule has 0 unspecified atom stereocenters. The Hall–Kier alpha value is -1.11. The fraction of sp³-hybridized carbons (Fsp3) is 0.833. The van der Waals surface area contributed by atoms with E-state index in [1.54, 1.807) is 6.92 Å². The zero-order chi connectivity index (χ0) is 8.57. The molecule has 0 aliphatic carbocycles. The third kappa shape index (κ3) is 10.00. The monoisotopic (exact) mass is 144 g/mol. The quantitative estimate of drug-likeness (QED) is 0.433. The molecule has 0 aromatic heterocycles. The molecule has 4 nitrogen and oxygen atoms in total. The summed E-state index contributed by atoms with van der Waals surface area (Å²) in [4.78, 5) is 10.4. The smallest absolute Gasteiger partial charge is 0.305 e.